The highest BCUT2D eigenvalue weighted by atomic mass is 28.3. The minimum absolute atomic E-state index is 0.233. The molecule has 1 aromatic rings. The fourth-order valence-corrected chi connectivity index (χ4v) is 2.55. The third-order valence-electron chi connectivity index (χ3n) is 2.37. The number of anilines is 1. The molecule has 0 heterocycles. The second-order valence-electron chi connectivity index (χ2n) is 5.44. The minimum Gasteiger partial charge on any atom is -0.462 e. The lowest BCUT2D eigenvalue weighted by Gasteiger charge is -2.19. The molecule has 0 aliphatic carbocycles. The number of benzene rings is 1. The topological polar surface area (TPSA) is 38.3 Å². The van der Waals surface area contributed by atoms with Gasteiger partial charge in [-0.2, -0.15) is 0 Å². The van der Waals surface area contributed by atoms with Crippen molar-refractivity contribution >= 4 is 19.9 Å². The number of hydrogen-bond donors (Lipinski definition) is 1. The summed E-state index contributed by atoms with van der Waals surface area (Å²) < 4.78 is 5.16. The van der Waals surface area contributed by atoms with Crippen molar-refractivity contribution in [2.24, 2.45) is 0 Å². The van der Waals surface area contributed by atoms with E-state index in [4.69, 9.17) is 4.74 Å². The van der Waals surface area contributed by atoms with Crippen LogP contribution in [0.2, 0.25) is 19.6 Å². The molecule has 0 spiro atoms. The van der Waals surface area contributed by atoms with Crippen LogP contribution in [0.1, 0.15) is 30.1 Å². The van der Waals surface area contributed by atoms with Gasteiger partial charge >= 0.3 is 5.97 Å². The molecule has 18 heavy (non-hydrogen) atoms. The second-order valence-corrected chi connectivity index (χ2v) is 10.2. The smallest absolute Gasteiger partial charge is 0.338 e. The van der Waals surface area contributed by atoms with Crippen molar-refractivity contribution < 1.29 is 9.53 Å². The van der Waals surface area contributed by atoms with E-state index in [-0.39, 0.29) is 5.97 Å². The lowest BCUT2D eigenvalue weighted by molar-refractivity contribution is 0.0500. The molecule has 0 amide bonds. The molecule has 1 N–H and O–H groups in total. The van der Waals surface area contributed by atoms with E-state index >= 15 is 0 Å². The third kappa shape index (κ3) is 5.36. The normalized spacial score (nSPS) is 11.1. The van der Waals surface area contributed by atoms with Crippen LogP contribution in [-0.2, 0) is 4.74 Å². The number of rotatable bonds is 6. The molecule has 0 atom stereocenters. The highest BCUT2D eigenvalue weighted by molar-refractivity contribution is 6.79. The van der Waals surface area contributed by atoms with E-state index < -0.39 is 8.24 Å². The molecule has 0 saturated heterocycles. The number of nitrogens with one attached hydrogen (secondary N) is 1. The van der Waals surface area contributed by atoms with E-state index in [9.17, 15) is 4.79 Å². The van der Waals surface area contributed by atoms with Crippen LogP contribution < -0.4 is 4.98 Å². The fourth-order valence-electron chi connectivity index (χ4n) is 1.52. The van der Waals surface area contributed by atoms with Crippen LogP contribution >= 0.6 is 0 Å². The van der Waals surface area contributed by atoms with Crippen LogP contribution in [0.15, 0.2) is 24.3 Å². The maximum Gasteiger partial charge on any atom is 0.338 e. The summed E-state index contributed by atoms with van der Waals surface area (Å²) in [4.78, 5) is 15.2. The second kappa shape index (κ2) is 6.59. The van der Waals surface area contributed by atoms with Crippen LogP contribution in [-0.4, -0.2) is 20.8 Å². The Hall–Kier alpha value is -1.29. The molecular weight excluding hydrogens is 242 g/mol. The first-order chi connectivity index (χ1) is 8.42. The molecular formula is C14H23NO2Si. The largest absolute Gasteiger partial charge is 0.462 e. The van der Waals surface area contributed by atoms with Gasteiger partial charge in [0, 0.05) is 5.69 Å². The number of ether oxygens (including phenoxy) is 1. The van der Waals surface area contributed by atoms with Crippen molar-refractivity contribution in [3.8, 4) is 0 Å². The lowest BCUT2D eigenvalue weighted by Crippen LogP contribution is -2.32. The van der Waals surface area contributed by atoms with Crippen molar-refractivity contribution in [1.82, 2.24) is 0 Å². The van der Waals surface area contributed by atoms with Crippen LogP contribution in [0.3, 0.4) is 0 Å². The summed E-state index contributed by atoms with van der Waals surface area (Å²) in [5.74, 6) is -0.233. The van der Waals surface area contributed by atoms with Crippen molar-refractivity contribution in [1.29, 1.82) is 0 Å². The lowest BCUT2D eigenvalue weighted by atomic mass is 10.2. The minimum atomic E-state index is -1.33. The molecule has 0 radical (unpaired) electrons. The van der Waals surface area contributed by atoms with Crippen LogP contribution in [0.25, 0.3) is 0 Å². The zero-order valence-electron chi connectivity index (χ0n) is 11.7. The summed E-state index contributed by atoms with van der Waals surface area (Å²) >= 11 is 0. The summed E-state index contributed by atoms with van der Waals surface area (Å²) in [6.45, 7) is 9.29. The van der Waals surface area contributed by atoms with E-state index in [1.54, 1.807) is 0 Å². The average Bonchev–Trinajstić information content (AvgIpc) is 2.28. The molecule has 1 aromatic carbocycles. The highest BCUT2D eigenvalue weighted by Crippen LogP contribution is 2.14. The van der Waals surface area contributed by atoms with Gasteiger partial charge in [0.15, 0.2) is 0 Å². The number of carbonyl (C=O) groups is 1. The monoisotopic (exact) mass is 265 g/mol. The van der Waals surface area contributed by atoms with E-state index in [2.05, 4.69) is 31.5 Å². The van der Waals surface area contributed by atoms with Gasteiger partial charge in [0.25, 0.3) is 0 Å². The van der Waals surface area contributed by atoms with E-state index in [1.165, 1.54) is 0 Å². The molecule has 0 unspecified atom stereocenters. The maximum absolute atomic E-state index is 11.7. The van der Waals surface area contributed by atoms with Crippen molar-refractivity contribution in [2.45, 2.75) is 39.4 Å². The predicted molar refractivity (Wildman–Crippen MR) is 78.6 cm³/mol. The Bertz CT molecular complexity index is 382. The Morgan fingerprint density at radius 3 is 2.33 bits per heavy atom. The maximum atomic E-state index is 11.7. The molecule has 4 heteroatoms. The summed E-state index contributed by atoms with van der Waals surface area (Å²) in [7, 11) is -1.33. The van der Waals surface area contributed by atoms with Gasteiger partial charge in [-0.3, -0.25) is 0 Å². The molecule has 3 nitrogen and oxygen atoms in total. The summed E-state index contributed by atoms with van der Waals surface area (Å²) in [5.41, 5.74) is 1.69. The fraction of sp³-hybridized carbons (Fsp3) is 0.500. The Morgan fingerprint density at radius 2 is 1.83 bits per heavy atom. The zero-order chi connectivity index (χ0) is 13.6. The Morgan fingerprint density at radius 1 is 1.22 bits per heavy atom. The van der Waals surface area contributed by atoms with Crippen LogP contribution in [0.4, 0.5) is 5.69 Å². The molecule has 0 aliphatic heterocycles. The van der Waals surface area contributed by atoms with Gasteiger partial charge in [0.1, 0.15) is 8.24 Å². The molecule has 0 aromatic heterocycles. The zero-order valence-corrected chi connectivity index (χ0v) is 12.7. The molecule has 0 saturated carbocycles. The predicted octanol–water partition coefficient (Wildman–Crippen LogP) is 3.89. The van der Waals surface area contributed by atoms with Crippen LogP contribution in [0, 0.1) is 0 Å². The Balaban J connectivity index is 2.57. The van der Waals surface area contributed by atoms with Gasteiger partial charge in [0.2, 0.25) is 0 Å². The number of unbranched alkanes of at least 4 members (excludes halogenated alkanes) is 1. The molecule has 100 valence electrons. The third-order valence-corrected chi connectivity index (χ3v) is 3.41. The number of hydrogen-bond acceptors (Lipinski definition) is 3. The van der Waals surface area contributed by atoms with Crippen LogP contribution in [0.5, 0.6) is 0 Å². The molecule has 0 bridgehead atoms. The standard InChI is InChI=1S/C14H23NO2Si/c1-5-6-11-17-14(16)12-7-9-13(10-8-12)15-18(2,3)4/h7-10,15H,5-6,11H2,1-4H3. The van der Waals surface area contributed by atoms with Crippen molar-refractivity contribution in [3.05, 3.63) is 29.8 Å². The van der Waals surface area contributed by atoms with Gasteiger partial charge in [-0.25, -0.2) is 4.79 Å². The molecule has 0 aliphatic rings. The van der Waals surface area contributed by atoms with Gasteiger partial charge in [-0.1, -0.05) is 33.0 Å². The first kappa shape index (κ1) is 14.8. The molecule has 1 rings (SSSR count). The van der Waals surface area contributed by atoms with Crippen molar-refractivity contribution in [2.75, 3.05) is 11.6 Å². The first-order valence-electron chi connectivity index (χ1n) is 6.48. The Kier molecular flexibility index (Phi) is 5.41. The van der Waals surface area contributed by atoms with Gasteiger partial charge in [-0.15, -0.1) is 0 Å². The summed E-state index contributed by atoms with van der Waals surface area (Å²) in [6.07, 6.45) is 1.95. The van der Waals surface area contributed by atoms with E-state index in [0.29, 0.717) is 12.2 Å². The summed E-state index contributed by atoms with van der Waals surface area (Å²) in [6, 6.07) is 7.51. The van der Waals surface area contributed by atoms with Gasteiger partial charge in [-0.05, 0) is 30.7 Å². The quantitative estimate of drug-likeness (QED) is 0.482. The number of carbonyl (C=O) groups excluding carboxylic acids is 1. The first-order valence-corrected chi connectivity index (χ1v) is 9.98. The van der Waals surface area contributed by atoms with Gasteiger partial charge in [0.05, 0.1) is 12.2 Å². The highest BCUT2D eigenvalue weighted by Gasteiger charge is 2.13. The van der Waals surface area contributed by atoms with Gasteiger partial charge < -0.3 is 9.72 Å². The average molecular weight is 265 g/mol. The van der Waals surface area contributed by atoms with E-state index in [0.717, 1.165) is 18.5 Å². The summed E-state index contributed by atoms with van der Waals surface area (Å²) in [5, 5.41) is 0. The van der Waals surface area contributed by atoms with Crippen molar-refractivity contribution in [3.63, 3.8) is 0 Å². The molecule has 0 fully saturated rings. The van der Waals surface area contributed by atoms with E-state index in [1.807, 2.05) is 24.3 Å². The SMILES string of the molecule is CCCCOC(=O)c1ccc(N[Si](C)(C)C)cc1. The Labute approximate surface area is 111 Å². The number of esters is 1.